The van der Waals surface area contributed by atoms with Gasteiger partial charge in [-0.05, 0) is 37.6 Å². The van der Waals surface area contributed by atoms with E-state index in [1.165, 1.54) is 6.26 Å². The first-order valence-corrected chi connectivity index (χ1v) is 9.01. The van der Waals surface area contributed by atoms with Gasteiger partial charge in [0.15, 0.2) is 0 Å². The van der Waals surface area contributed by atoms with E-state index in [4.69, 9.17) is 4.42 Å². The molecule has 1 unspecified atom stereocenters. The number of nitrogens with zero attached hydrogens (tertiary/aromatic N) is 2. The molecule has 0 radical (unpaired) electrons. The minimum Gasteiger partial charge on any atom is -0.508 e. The van der Waals surface area contributed by atoms with E-state index < -0.39 is 0 Å². The molecular weight excluding hydrogens is 348 g/mol. The predicted octanol–water partition coefficient (Wildman–Crippen LogP) is 1.57. The number of benzene rings is 1. The van der Waals surface area contributed by atoms with Crippen molar-refractivity contribution in [2.75, 3.05) is 26.2 Å². The van der Waals surface area contributed by atoms with E-state index in [0.29, 0.717) is 42.9 Å². The number of piperazine rings is 1. The molecule has 1 atom stereocenters. The SMILES string of the molecule is Cc1c(O)cccc1C(=O)N1CCN(C(=O)Cc2ccco2)CC1CCO. The fourth-order valence-electron chi connectivity index (χ4n) is 3.43. The lowest BCUT2D eigenvalue weighted by Gasteiger charge is -2.41. The molecule has 0 bridgehead atoms. The number of hydrogen-bond acceptors (Lipinski definition) is 5. The van der Waals surface area contributed by atoms with Gasteiger partial charge in [0.25, 0.3) is 5.91 Å². The summed E-state index contributed by atoms with van der Waals surface area (Å²) in [4.78, 5) is 28.9. The van der Waals surface area contributed by atoms with Crippen molar-refractivity contribution < 1.29 is 24.2 Å². The molecular formula is C20H24N2O5. The summed E-state index contributed by atoms with van der Waals surface area (Å²) in [7, 11) is 0. The number of rotatable bonds is 5. The maximum absolute atomic E-state index is 13.0. The number of hydrogen-bond donors (Lipinski definition) is 2. The summed E-state index contributed by atoms with van der Waals surface area (Å²) < 4.78 is 5.24. The van der Waals surface area contributed by atoms with E-state index in [2.05, 4.69) is 0 Å². The molecule has 0 aliphatic carbocycles. The first-order chi connectivity index (χ1) is 13.0. The highest BCUT2D eigenvalue weighted by atomic mass is 16.3. The fourth-order valence-corrected chi connectivity index (χ4v) is 3.43. The number of furan rings is 1. The van der Waals surface area contributed by atoms with E-state index in [0.717, 1.165) is 0 Å². The van der Waals surface area contributed by atoms with Crippen molar-refractivity contribution in [2.45, 2.75) is 25.8 Å². The van der Waals surface area contributed by atoms with Gasteiger partial charge >= 0.3 is 0 Å². The molecule has 1 aliphatic rings. The normalized spacial score (nSPS) is 17.2. The number of phenolic OH excluding ortho intramolecular Hbond substituents is 1. The van der Waals surface area contributed by atoms with Crippen LogP contribution in [0.1, 0.15) is 28.1 Å². The highest BCUT2D eigenvalue weighted by Gasteiger charge is 2.33. The summed E-state index contributed by atoms with van der Waals surface area (Å²) in [5.74, 6) is 0.424. The molecule has 1 aromatic carbocycles. The van der Waals surface area contributed by atoms with Gasteiger partial charge in [0, 0.05) is 37.4 Å². The van der Waals surface area contributed by atoms with Gasteiger partial charge in [0.2, 0.25) is 5.91 Å². The third-order valence-electron chi connectivity index (χ3n) is 5.00. The third-order valence-corrected chi connectivity index (χ3v) is 5.00. The molecule has 0 spiro atoms. The number of aliphatic hydroxyl groups is 1. The highest BCUT2D eigenvalue weighted by Crippen LogP contribution is 2.24. The average molecular weight is 372 g/mol. The van der Waals surface area contributed by atoms with Crippen molar-refractivity contribution in [3.63, 3.8) is 0 Å². The number of aromatic hydroxyl groups is 1. The topological polar surface area (TPSA) is 94.2 Å². The van der Waals surface area contributed by atoms with Crippen LogP contribution >= 0.6 is 0 Å². The smallest absolute Gasteiger partial charge is 0.254 e. The second-order valence-corrected chi connectivity index (χ2v) is 6.71. The lowest BCUT2D eigenvalue weighted by molar-refractivity contribution is -0.133. The zero-order valence-electron chi connectivity index (χ0n) is 15.3. The minimum atomic E-state index is -0.279. The molecule has 2 N–H and O–H groups in total. The van der Waals surface area contributed by atoms with Crippen LogP contribution in [0.15, 0.2) is 41.0 Å². The Morgan fingerprint density at radius 3 is 2.74 bits per heavy atom. The summed E-state index contributed by atoms with van der Waals surface area (Å²) in [6.07, 6.45) is 2.10. The van der Waals surface area contributed by atoms with Crippen LogP contribution in [0.5, 0.6) is 5.75 Å². The molecule has 0 saturated carbocycles. The van der Waals surface area contributed by atoms with E-state index in [1.807, 2.05) is 0 Å². The quantitative estimate of drug-likeness (QED) is 0.831. The number of phenols is 1. The Kier molecular flexibility index (Phi) is 5.81. The van der Waals surface area contributed by atoms with Gasteiger partial charge < -0.3 is 24.4 Å². The molecule has 7 heteroatoms. The average Bonchev–Trinajstić information content (AvgIpc) is 3.16. The van der Waals surface area contributed by atoms with Crippen LogP contribution in [0.4, 0.5) is 0 Å². The molecule has 2 aromatic rings. The molecule has 2 heterocycles. The number of carbonyl (C=O) groups excluding carboxylic acids is 2. The van der Waals surface area contributed by atoms with Crippen molar-refractivity contribution in [1.29, 1.82) is 0 Å². The Hall–Kier alpha value is -2.80. The van der Waals surface area contributed by atoms with Gasteiger partial charge in [-0.15, -0.1) is 0 Å². The van der Waals surface area contributed by atoms with E-state index in [1.54, 1.807) is 47.1 Å². The van der Waals surface area contributed by atoms with Crippen LogP contribution in [0, 0.1) is 6.92 Å². The summed E-state index contributed by atoms with van der Waals surface area (Å²) in [5, 5.41) is 19.3. The van der Waals surface area contributed by atoms with Gasteiger partial charge in [0.1, 0.15) is 11.5 Å². The first kappa shape index (κ1) is 19.0. The van der Waals surface area contributed by atoms with Crippen LogP contribution in [0.25, 0.3) is 0 Å². The molecule has 1 aromatic heterocycles. The zero-order chi connectivity index (χ0) is 19.4. The van der Waals surface area contributed by atoms with Crippen LogP contribution in [-0.4, -0.2) is 64.1 Å². The van der Waals surface area contributed by atoms with Gasteiger partial charge in [0.05, 0.1) is 18.7 Å². The van der Waals surface area contributed by atoms with Crippen molar-refractivity contribution in [3.8, 4) is 5.75 Å². The Labute approximate surface area is 157 Å². The highest BCUT2D eigenvalue weighted by molar-refractivity contribution is 5.96. The van der Waals surface area contributed by atoms with Gasteiger partial charge in [-0.1, -0.05) is 6.07 Å². The molecule has 144 valence electrons. The molecule has 27 heavy (non-hydrogen) atoms. The van der Waals surface area contributed by atoms with Crippen molar-refractivity contribution in [3.05, 3.63) is 53.5 Å². The van der Waals surface area contributed by atoms with Gasteiger partial charge in [-0.25, -0.2) is 0 Å². The van der Waals surface area contributed by atoms with Crippen molar-refractivity contribution in [1.82, 2.24) is 9.80 Å². The Morgan fingerprint density at radius 1 is 1.22 bits per heavy atom. The van der Waals surface area contributed by atoms with Crippen LogP contribution < -0.4 is 0 Å². The Morgan fingerprint density at radius 2 is 2.04 bits per heavy atom. The molecule has 1 fully saturated rings. The fraction of sp³-hybridized carbons (Fsp3) is 0.400. The second kappa shape index (κ2) is 8.26. The van der Waals surface area contributed by atoms with E-state index in [-0.39, 0.29) is 36.6 Å². The van der Waals surface area contributed by atoms with E-state index >= 15 is 0 Å². The molecule has 1 aliphatic heterocycles. The van der Waals surface area contributed by atoms with Gasteiger partial charge in [-0.2, -0.15) is 0 Å². The lowest BCUT2D eigenvalue weighted by Crippen LogP contribution is -2.57. The van der Waals surface area contributed by atoms with E-state index in [9.17, 15) is 19.8 Å². The van der Waals surface area contributed by atoms with Crippen LogP contribution in [0.3, 0.4) is 0 Å². The largest absolute Gasteiger partial charge is 0.508 e. The van der Waals surface area contributed by atoms with Crippen molar-refractivity contribution in [2.24, 2.45) is 0 Å². The first-order valence-electron chi connectivity index (χ1n) is 9.01. The Balaban J connectivity index is 1.73. The maximum atomic E-state index is 13.0. The summed E-state index contributed by atoms with van der Waals surface area (Å²) in [5.41, 5.74) is 0.967. The summed E-state index contributed by atoms with van der Waals surface area (Å²) >= 11 is 0. The minimum absolute atomic E-state index is 0.0616. The number of amides is 2. The number of aliphatic hydroxyl groups excluding tert-OH is 1. The molecule has 1 saturated heterocycles. The van der Waals surface area contributed by atoms with Crippen LogP contribution in [-0.2, 0) is 11.2 Å². The second-order valence-electron chi connectivity index (χ2n) is 6.71. The maximum Gasteiger partial charge on any atom is 0.254 e. The number of carbonyl (C=O) groups is 2. The standard InChI is InChI=1S/C20H24N2O5/c1-14-17(5-2-6-18(14)24)20(26)22-9-8-21(13-15(22)7-10-23)19(25)12-16-4-3-11-27-16/h2-6,11,15,23-24H,7-10,12-13H2,1H3. The lowest BCUT2D eigenvalue weighted by atomic mass is 10.0. The molecule has 2 amide bonds. The van der Waals surface area contributed by atoms with Crippen molar-refractivity contribution >= 4 is 11.8 Å². The molecule has 3 rings (SSSR count). The third kappa shape index (κ3) is 4.14. The van der Waals surface area contributed by atoms with Gasteiger partial charge in [-0.3, -0.25) is 9.59 Å². The molecule has 7 nitrogen and oxygen atoms in total. The summed E-state index contributed by atoms with van der Waals surface area (Å²) in [6.45, 7) is 2.79. The van der Waals surface area contributed by atoms with Crippen LogP contribution in [0.2, 0.25) is 0 Å². The predicted molar refractivity (Wildman–Crippen MR) is 98.4 cm³/mol. The monoisotopic (exact) mass is 372 g/mol. The zero-order valence-corrected chi connectivity index (χ0v) is 15.3. The summed E-state index contributed by atoms with van der Waals surface area (Å²) in [6, 6.07) is 8.09. The Bertz CT molecular complexity index is 803.